The number of benzene rings is 2. The lowest BCUT2D eigenvalue weighted by Crippen LogP contribution is -2.49. The molecule has 1 aliphatic heterocycles. The van der Waals surface area contributed by atoms with Crippen molar-refractivity contribution in [2.24, 2.45) is 0 Å². The summed E-state index contributed by atoms with van der Waals surface area (Å²) >= 11 is 0. The molecule has 0 aromatic heterocycles. The maximum absolute atomic E-state index is 12.9. The Labute approximate surface area is 171 Å². The topological polar surface area (TPSA) is 60.5 Å². The van der Waals surface area contributed by atoms with Gasteiger partial charge in [0.1, 0.15) is 29.6 Å². The molecular weight excluding hydrogens is 372 g/mol. The van der Waals surface area contributed by atoms with E-state index in [1.54, 1.807) is 39.5 Å². The quantitative estimate of drug-likeness (QED) is 0.679. The molecule has 0 saturated carbocycles. The van der Waals surface area contributed by atoms with Gasteiger partial charge in [0.2, 0.25) is 0 Å². The van der Waals surface area contributed by atoms with Crippen LogP contribution < -0.4 is 18.9 Å². The van der Waals surface area contributed by atoms with Gasteiger partial charge >= 0.3 is 0 Å². The lowest BCUT2D eigenvalue weighted by molar-refractivity contribution is 0.0617. The van der Waals surface area contributed by atoms with E-state index in [2.05, 4.69) is 4.90 Å². The van der Waals surface area contributed by atoms with Crippen LogP contribution in [0.3, 0.4) is 0 Å². The van der Waals surface area contributed by atoms with E-state index in [1.165, 1.54) is 0 Å². The standard InChI is InChI=1S/C22H28N2O5/c1-26-17-4-6-18(7-5-17)29-15-14-23-10-12-24(13-11-23)22(25)20-9-8-19(27-2)16-21(20)28-3/h4-9,16H,10-15H2,1-3H3. The number of rotatable bonds is 8. The number of amides is 1. The summed E-state index contributed by atoms with van der Waals surface area (Å²) in [4.78, 5) is 17.1. The Morgan fingerprint density at radius 2 is 1.45 bits per heavy atom. The summed E-state index contributed by atoms with van der Waals surface area (Å²) in [6.07, 6.45) is 0. The van der Waals surface area contributed by atoms with Crippen molar-refractivity contribution in [3.8, 4) is 23.0 Å². The van der Waals surface area contributed by atoms with Crippen LogP contribution in [-0.4, -0.2) is 76.4 Å². The second-order valence-electron chi connectivity index (χ2n) is 6.72. The highest BCUT2D eigenvalue weighted by molar-refractivity contribution is 5.97. The molecule has 1 fully saturated rings. The predicted molar refractivity (Wildman–Crippen MR) is 110 cm³/mol. The van der Waals surface area contributed by atoms with Crippen molar-refractivity contribution in [2.75, 3.05) is 60.7 Å². The lowest BCUT2D eigenvalue weighted by atomic mass is 10.1. The predicted octanol–water partition coefficient (Wildman–Crippen LogP) is 2.55. The maximum atomic E-state index is 12.9. The van der Waals surface area contributed by atoms with Gasteiger partial charge < -0.3 is 23.8 Å². The number of ether oxygens (including phenoxy) is 4. The van der Waals surface area contributed by atoms with Crippen molar-refractivity contribution < 1.29 is 23.7 Å². The molecule has 1 amide bonds. The minimum atomic E-state index is -0.0152. The third-order valence-electron chi connectivity index (χ3n) is 5.03. The highest BCUT2D eigenvalue weighted by Gasteiger charge is 2.24. The van der Waals surface area contributed by atoms with Crippen molar-refractivity contribution in [1.82, 2.24) is 9.80 Å². The normalized spacial score (nSPS) is 14.4. The van der Waals surface area contributed by atoms with Crippen molar-refractivity contribution in [3.05, 3.63) is 48.0 Å². The van der Waals surface area contributed by atoms with E-state index in [1.807, 2.05) is 29.2 Å². The molecule has 156 valence electrons. The Morgan fingerprint density at radius 3 is 2.07 bits per heavy atom. The van der Waals surface area contributed by atoms with Gasteiger partial charge in [-0.2, -0.15) is 0 Å². The van der Waals surface area contributed by atoms with Gasteiger partial charge in [-0.1, -0.05) is 0 Å². The van der Waals surface area contributed by atoms with E-state index in [0.29, 0.717) is 36.8 Å². The van der Waals surface area contributed by atoms with Crippen LogP contribution in [0.15, 0.2) is 42.5 Å². The molecule has 0 radical (unpaired) electrons. The first-order valence-electron chi connectivity index (χ1n) is 9.65. The van der Waals surface area contributed by atoms with E-state index < -0.39 is 0 Å². The van der Waals surface area contributed by atoms with Gasteiger partial charge in [-0.3, -0.25) is 9.69 Å². The van der Waals surface area contributed by atoms with Gasteiger partial charge in [-0.25, -0.2) is 0 Å². The molecule has 29 heavy (non-hydrogen) atoms. The van der Waals surface area contributed by atoms with Crippen LogP contribution in [0.25, 0.3) is 0 Å². The molecule has 2 aromatic carbocycles. The first-order valence-corrected chi connectivity index (χ1v) is 9.65. The van der Waals surface area contributed by atoms with Crippen molar-refractivity contribution in [2.45, 2.75) is 0 Å². The Morgan fingerprint density at radius 1 is 0.828 bits per heavy atom. The molecule has 0 bridgehead atoms. The summed E-state index contributed by atoms with van der Waals surface area (Å²) in [6.45, 7) is 4.41. The van der Waals surface area contributed by atoms with Gasteiger partial charge in [0.05, 0.1) is 26.9 Å². The van der Waals surface area contributed by atoms with Crippen LogP contribution in [-0.2, 0) is 0 Å². The average Bonchev–Trinajstić information content (AvgIpc) is 2.79. The second-order valence-corrected chi connectivity index (χ2v) is 6.72. The fraction of sp³-hybridized carbons (Fsp3) is 0.409. The first kappa shape index (κ1) is 20.8. The molecule has 7 nitrogen and oxygen atoms in total. The zero-order valence-corrected chi connectivity index (χ0v) is 17.2. The molecule has 0 N–H and O–H groups in total. The smallest absolute Gasteiger partial charge is 0.257 e. The minimum Gasteiger partial charge on any atom is -0.497 e. The molecule has 2 aromatic rings. The van der Waals surface area contributed by atoms with E-state index in [-0.39, 0.29) is 5.91 Å². The Balaban J connectivity index is 1.46. The highest BCUT2D eigenvalue weighted by atomic mass is 16.5. The minimum absolute atomic E-state index is 0.0152. The molecule has 7 heteroatoms. The molecule has 0 atom stereocenters. The van der Waals surface area contributed by atoms with Crippen molar-refractivity contribution >= 4 is 5.91 Å². The summed E-state index contributed by atoms with van der Waals surface area (Å²) < 4.78 is 21.5. The second kappa shape index (κ2) is 10.0. The van der Waals surface area contributed by atoms with E-state index in [4.69, 9.17) is 18.9 Å². The third kappa shape index (κ3) is 5.32. The first-order chi connectivity index (χ1) is 14.1. The summed E-state index contributed by atoms with van der Waals surface area (Å²) in [6, 6.07) is 12.8. The maximum Gasteiger partial charge on any atom is 0.257 e. The van der Waals surface area contributed by atoms with Gasteiger partial charge in [-0.05, 0) is 36.4 Å². The number of nitrogens with zero attached hydrogens (tertiary/aromatic N) is 2. The number of methoxy groups -OCH3 is 3. The summed E-state index contributed by atoms with van der Waals surface area (Å²) in [7, 11) is 4.80. The molecule has 0 spiro atoms. The molecule has 1 saturated heterocycles. The van der Waals surface area contributed by atoms with Gasteiger partial charge in [0.15, 0.2) is 0 Å². The highest BCUT2D eigenvalue weighted by Crippen LogP contribution is 2.26. The van der Waals surface area contributed by atoms with Crippen LogP contribution in [0.5, 0.6) is 23.0 Å². The average molecular weight is 400 g/mol. The summed E-state index contributed by atoms with van der Waals surface area (Å²) in [5.41, 5.74) is 0.560. The molecule has 1 heterocycles. The molecule has 0 unspecified atom stereocenters. The molecule has 1 aliphatic rings. The summed E-state index contributed by atoms with van der Waals surface area (Å²) in [5.74, 6) is 2.82. The van der Waals surface area contributed by atoms with Gasteiger partial charge in [-0.15, -0.1) is 0 Å². The number of hydrogen-bond acceptors (Lipinski definition) is 6. The van der Waals surface area contributed by atoms with E-state index in [9.17, 15) is 4.79 Å². The van der Waals surface area contributed by atoms with Gasteiger partial charge in [0.25, 0.3) is 5.91 Å². The third-order valence-corrected chi connectivity index (χ3v) is 5.03. The van der Waals surface area contributed by atoms with Crippen LogP contribution in [0, 0.1) is 0 Å². The molecule has 3 rings (SSSR count). The summed E-state index contributed by atoms with van der Waals surface area (Å²) in [5, 5.41) is 0. The fourth-order valence-corrected chi connectivity index (χ4v) is 3.28. The lowest BCUT2D eigenvalue weighted by Gasteiger charge is -2.34. The number of carbonyl (C=O) groups is 1. The van der Waals surface area contributed by atoms with Crippen LogP contribution in [0.1, 0.15) is 10.4 Å². The molecular formula is C22H28N2O5. The Hall–Kier alpha value is -2.93. The zero-order valence-electron chi connectivity index (χ0n) is 17.2. The fourth-order valence-electron chi connectivity index (χ4n) is 3.28. The number of carbonyl (C=O) groups excluding carboxylic acids is 1. The van der Waals surface area contributed by atoms with Crippen molar-refractivity contribution in [1.29, 1.82) is 0 Å². The Kier molecular flexibility index (Phi) is 7.19. The van der Waals surface area contributed by atoms with E-state index in [0.717, 1.165) is 31.1 Å². The van der Waals surface area contributed by atoms with Crippen LogP contribution in [0.2, 0.25) is 0 Å². The Bertz CT molecular complexity index is 801. The van der Waals surface area contributed by atoms with Crippen LogP contribution >= 0.6 is 0 Å². The largest absolute Gasteiger partial charge is 0.497 e. The SMILES string of the molecule is COc1ccc(OCCN2CCN(C(=O)c3ccc(OC)cc3OC)CC2)cc1. The number of piperazine rings is 1. The zero-order chi connectivity index (χ0) is 20.6. The number of hydrogen-bond donors (Lipinski definition) is 0. The van der Waals surface area contributed by atoms with E-state index >= 15 is 0 Å². The van der Waals surface area contributed by atoms with Crippen LogP contribution in [0.4, 0.5) is 0 Å². The monoisotopic (exact) mass is 400 g/mol. The van der Waals surface area contributed by atoms with Crippen molar-refractivity contribution in [3.63, 3.8) is 0 Å². The van der Waals surface area contributed by atoms with Gasteiger partial charge in [0, 0.05) is 38.8 Å². The molecule has 0 aliphatic carbocycles.